The molecule has 0 atom stereocenters. The second-order valence-electron chi connectivity index (χ2n) is 21.9. The molecule has 0 unspecified atom stereocenters. The van der Waals surface area contributed by atoms with Crippen LogP contribution in [0.2, 0.25) is 0 Å². The first-order valence-corrected chi connectivity index (χ1v) is 29.7. The Labute approximate surface area is 475 Å². The maximum Gasteiger partial charge on any atom is 0.326 e. The van der Waals surface area contributed by atoms with Crippen molar-refractivity contribution >= 4 is 74.0 Å². The second kappa shape index (κ2) is 27.2. The summed E-state index contributed by atoms with van der Waals surface area (Å²) in [4.78, 5) is 82.6. The molecule has 0 aromatic heterocycles. The van der Waals surface area contributed by atoms with Crippen LogP contribution in [0.25, 0.3) is 5.57 Å². The fourth-order valence-electron chi connectivity index (χ4n) is 10.0. The Hall–Kier alpha value is -8.37. The van der Waals surface area contributed by atoms with E-state index >= 15 is 0 Å². The number of carbonyl (C=O) groups is 6. The van der Waals surface area contributed by atoms with E-state index in [1.54, 1.807) is 65.6 Å². The van der Waals surface area contributed by atoms with E-state index < -0.39 is 39.6 Å². The van der Waals surface area contributed by atoms with Crippen LogP contribution in [0.3, 0.4) is 0 Å². The third-order valence-electron chi connectivity index (χ3n) is 14.7. The number of hydrogen-bond acceptors (Lipinski definition) is 9. The Kier molecular flexibility index (Phi) is 19.7. The minimum atomic E-state index is -3.51. The third-order valence-corrected chi connectivity index (χ3v) is 15.8. The van der Waals surface area contributed by atoms with E-state index in [1.807, 2.05) is 60.7 Å². The minimum Gasteiger partial charge on any atom is -0.393 e. The van der Waals surface area contributed by atoms with Crippen molar-refractivity contribution in [2.24, 2.45) is 0 Å². The first kappa shape index (κ1) is 58.8. The zero-order chi connectivity index (χ0) is 57.5. The van der Waals surface area contributed by atoms with Gasteiger partial charge in [-0.05, 0) is 162 Å². The lowest BCUT2D eigenvalue weighted by molar-refractivity contribution is -0.159. The predicted molar refractivity (Wildman–Crippen MR) is 318 cm³/mol. The summed E-state index contributed by atoms with van der Waals surface area (Å²) in [5.41, 5.74) is 9.13. The summed E-state index contributed by atoms with van der Waals surface area (Å²) in [6.07, 6.45) is 13.2. The molecule has 422 valence electrons. The smallest absolute Gasteiger partial charge is 0.326 e. The molecule has 0 aliphatic heterocycles. The monoisotopic (exact) mass is 1110 g/mol. The van der Waals surface area contributed by atoms with Gasteiger partial charge in [-0.1, -0.05) is 113 Å². The molecule has 6 aromatic carbocycles. The number of benzene rings is 6. The largest absolute Gasteiger partial charge is 0.393 e. The van der Waals surface area contributed by atoms with Gasteiger partial charge in [0.1, 0.15) is 0 Å². The quantitative estimate of drug-likeness (QED) is 0.0450. The van der Waals surface area contributed by atoms with Gasteiger partial charge in [0.2, 0.25) is 0 Å². The van der Waals surface area contributed by atoms with Gasteiger partial charge in [0.25, 0.3) is 11.8 Å². The molecule has 0 bridgehead atoms. The number of amides is 6. The highest BCUT2D eigenvalue weighted by atomic mass is 32.2. The molecule has 6 amide bonds. The van der Waals surface area contributed by atoms with Crippen molar-refractivity contribution in [1.29, 1.82) is 0 Å². The summed E-state index contributed by atoms with van der Waals surface area (Å²) >= 11 is 0. The van der Waals surface area contributed by atoms with Gasteiger partial charge in [0, 0.05) is 53.2 Å². The van der Waals surface area contributed by atoms with Crippen LogP contribution in [0.4, 0.5) is 32.3 Å². The van der Waals surface area contributed by atoms with E-state index in [9.17, 15) is 37.2 Å². The number of allylic oxidation sites excluding steroid dienone is 2. The number of anilines is 4. The Morgan fingerprint density at radius 1 is 0.580 bits per heavy atom. The summed E-state index contributed by atoms with van der Waals surface area (Å²) in [6, 6.07) is 42.6. The van der Waals surface area contributed by atoms with E-state index in [1.165, 1.54) is 60.3 Å². The SMILES string of the molecule is CC(C)(C)c1cccc(NC(=O)N(Cc2ccc(C(=O)NCCC(=O)OC(=O)CCNC(=O)c3ccc(CN(C(=O)Nc4cccc(S(C)(=O)=O)c4)c4ccc(C5=CCCCC5)cc4)cc3)cc2)c2ccc(C3CCCCC3)cc2)c1. The molecular weight excluding hydrogens is 1040 g/mol. The van der Waals surface area contributed by atoms with Crippen molar-refractivity contribution in [1.82, 2.24) is 10.6 Å². The summed E-state index contributed by atoms with van der Waals surface area (Å²) in [5.74, 6) is -2.06. The number of rotatable bonds is 19. The van der Waals surface area contributed by atoms with E-state index in [2.05, 4.69) is 60.2 Å². The number of hydrogen-bond donors (Lipinski definition) is 4. The van der Waals surface area contributed by atoms with Crippen molar-refractivity contribution in [2.45, 2.75) is 121 Å². The first-order valence-electron chi connectivity index (χ1n) is 27.8. The van der Waals surface area contributed by atoms with Gasteiger partial charge in [-0.2, -0.15) is 0 Å². The highest BCUT2D eigenvalue weighted by molar-refractivity contribution is 7.90. The highest BCUT2D eigenvalue weighted by Gasteiger charge is 2.23. The van der Waals surface area contributed by atoms with Crippen LogP contribution < -0.4 is 31.1 Å². The van der Waals surface area contributed by atoms with Gasteiger partial charge in [-0.3, -0.25) is 29.0 Å². The van der Waals surface area contributed by atoms with Crippen molar-refractivity contribution in [2.75, 3.05) is 39.8 Å². The van der Waals surface area contributed by atoms with Gasteiger partial charge in [0.15, 0.2) is 9.84 Å². The van der Waals surface area contributed by atoms with Gasteiger partial charge in [-0.25, -0.2) is 18.0 Å². The number of ether oxygens (including phenoxy) is 1. The molecule has 15 nitrogen and oxygen atoms in total. The Morgan fingerprint density at radius 2 is 1.09 bits per heavy atom. The second-order valence-corrected chi connectivity index (χ2v) is 23.9. The number of sulfone groups is 1. The van der Waals surface area contributed by atoms with E-state index in [0.717, 1.165) is 54.3 Å². The molecule has 1 fully saturated rings. The summed E-state index contributed by atoms with van der Waals surface area (Å²) in [7, 11) is -3.51. The summed E-state index contributed by atoms with van der Waals surface area (Å²) in [5, 5.41) is 11.3. The van der Waals surface area contributed by atoms with Crippen molar-refractivity contribution in [3.63, 3.8) is 0 Å². The van der Waals surface area contributed by atoms with Crippen LogP contribution in [0.5, 0.6) is 0 Å². The predicted octanol–water partition coefficient (Wildman–Crippen LogP) is 12.9. The molecule has 0 heterocycles. The van der Waals surface area contributed by atoms with Gasteiger partial charge in [-0.15, -0.1) is 0 Å². The normalized spacial score (nSPS) is 13.7. The van der Waals surface area contributed by atoms with Gasteiger partial charge in [0.05, 0.1) is 30.8 Å². The average Bonchev–Trinajstić information content (AvgIpc) is 3.47. The third kappa shape index (κ3) is 16.8. The Morgan fingerprint density at radius 3 is 1.58 bits per heavy atom. The molecule has 0 saturated heterocycles. The fraction of sp³-hybridized carbons (Fsp3) is 0.323. The van der Waals surface area contributed by atoms with Crippen molar-refractivity contribution in [3.05, 3.63) is 191 Å². The van der Waals surface area contributed by atoms with E-state index in [-0.39, 0.29) is 55.4 Å². The van der Waals surface area contributed by atoms with Crippen molar-refractivity contribution in [3.8, 4) is 0 Å². The maximum atomic E-state index is 14.0. The maximum absolute atomic E-state index is 14.0. The van der Waals surface area contributed by atoms with Gasteiger partial charge >= 0.3 is 24.0 Å². The molecule has 16 heteroatoms. The zero-order valence-corrected chi connectivity index (χ0v) is 47.4. The van der Waals surface area contributed by atoms with Crippen LogP contribution in [-0.4, -0.2) is 63.6 Å². The number of nitrogens with zero attached hydrogens (tertiary/aromatic N) is 2. The topological polar surface area (TPSA) is 200 Å². The zero-order valence-electron chi connectivity index (χ0n) is 46.6. The molecule has 8 rings (SSSR count). The molecule has 4 N–H and O–H groups in total. The molecular formula is C65H72N6O9S. The van der Waals surface area contributed by atoms with E-state index in [4.69, 9.17) is 4.74 Å². The lowest BCUT2D eigenvalue weighted by Crippen LogP contribution is -2.34. The lowest BCUT2D eigenvalue weighted by atomic mass is 9.84. The highest BCUT2D eigenvalue weighted by Crippen LogP contribution is 2.35. The Bertz CT molecular complexity index is 3350. The van der Waals surface area contributed by atoms with E-state index in [0.29, 0.717) is 39.7 Å². The standard InChI is InChI=1S/C65H72N6O9S/c1-65(2,3)53-17-11-18-54(41-53)68-63(76)70(56-33-29-49(30-34-56)47-13-7-5-8-14-47)43-45-21-25-51(26-22-45)61(74)66-39-37-59(72)80-60(73)38-40-67-62(75)52-27-23-46(24-28-52)44-71(57-35-31-50(32-36-57)48-15-9-6-10-16-48)64(77)69-55-19-12-20-58(42-55)81(4,78)79/h11-12,15,17-36,41-42,47H,5-10,13-14,16,37-40,43-44H2,1-4H3,(H,66,74)(H,67,75)(H,68,76)(H,69,77). The minimum absolute atomic E-state index is 0.0725. The molecule has 2 aliphatic carbocycles. The number of nitrogens with one attached hydrogen (secondary N) is 4. The Balaban J connectivity index is 0.794. The van der Waals surface area contributed by atoms with Crippen LogP contribution in [0, 0.1) is 0 Å². The van der Waals surface area contributed by atoms with Crippen LogP contribution in [-0.2, 0) is 42.7 Å². The first-order chi connectivity index (χ1) is 38.9. The molecule has 81 heavy (non-hydrogen) atoms. The van der Waals surface area contributed by atoms with Crippen molar-refractivity contribution < 1.29 is 41.9 Å². The molecule has 0 radical (unpaired) electrons. The number of carbonyl (C=O) groups excluding carboxylic acids is 6. The average molecular weight is 1110 g/mol. The number of esters is 2. The summed E-state index contributed by atoms with van der Waals surface area (Å²) < 4.78 is 29.4. The lowest BCUT2D eigenvalue weighted by Gasteiger charge is -2.26. The molecule has 2 aliphatic rings. The molecule has 6 aromatic rings. The molecule has 0 spiro atoms. The van der Waals surface area contributed by atoms with Crippen LogP contribution in [0.15, 0.2) is 157 Å². The van der Waals surface area contributed by atoms with Crippen LogP contribution >= 0.6 is 0 Å². The summed E-state index contributed by atoms with van der Waals surface area (Å²) in [6.45, 7) is 6.53. The fourth-order valence-corrected chi connectivity index (χ4v) is 10.7. The molecule has 1 saturated carbocycles. The van der Waals surface area contributed by atoms with Gasteiger partial charge < -0.3 is 26.0 Å². The van der Waals surface area contributed by atoms with Crippen LogP contribution in [0.1, 0.15) is 146 Å². The number of urea groups is 2.